The minimum atomic E-state index is -0.344. The van der Waals surface area contributed by atoms with E-state index in [0.717, 1.165) is 28.8 Å². The van der Waals surface area contributed by atoms with Crippen LogP contribution in [0.1, 0.15) is 17.3 Å². The normalized spacial score (nSPS) is 12.9. The van der Waals surface area contributed by atoms with E-state index in [1.807, 2.05) is 25.8 Å². The van der Waals surface area contributed by atoms with Crippen molar-refractivity contribution in [3.05, 3.63) is 46.2 Å². The molecule has 1 atom stereocenters. The van der Waals surface area contributed by atoms with Gasteiger partial charge in [0.1, 0.15) is 5.82 Å². The van der Waals surface area contributed by atoms with Crippen LogP contribution in [-0.4, -0.2) is 47.4 Å². The number of hydrogen-bond acceptors (Lipinski definition) is 4. The van der Waals surface area contributed by atoms with E-state index in [4.69, 9.17) is 0 Å². The quantitative estimate of drug-likeness (QED) is 0.861. The van der Waals surface area contributed by atoms with Gasteiger partial charge in [0, 0.05) is 12.7 Å². The van der Waals surface area contributed by atoms with E-state index >= 15 is 0 Å². The summed E-state index contributed by atoms with van der Waals surface area (Å²) in [6.45, 7) is 1.63. The Labute approximate surface area is 132 Å². The van der Waals surface area contributed by atoms with Gasteiger partial charge >= 0.3 is 0 Å². The van der Waals surface area contributed by atoms with Crippen molar-refractivity contribution in [2.24, 2.45) is 0 Å². The summed E-state index contributed by atoms with van der Waals surface area (Å²) in [6, 6.07) is 1.32. The molecular weight excluding hydrogens is 337 g/mol. The zero-order chi connectivity index (χ0) is 15.4. The molecule has 0 amide bonds. The number of nitrogens with zero attached hydrogens (tertiary/aromatic N) is 4. The minimum absolute atomic E-state index is 0.174. The molecule has 1 unspecified atom stereocenters. The van der Waals surface area contributed by atoms with Crippen LogP contribution in [0.5, 0.6) is 0 Å². The molecule has 7 heteroatoms. The maximum absolute atomic E-state index is 13.4. The highest BCUT2D eigenvalue weighted by molar-refractivity contribution is 9.10. The lowest BCUT2D eigenvalue weighted by molar-refractivity contribution is 0.366. The van der Waals surface area contributed by atoms with E-state index in [-0.39, 0.29) is 11.9 Å². The number of nitrogens with one attached hydrogen (secondary N) is 1. The minimum Gasteiger partial charge on any atom is -0.308 e. The first-order valence-electron chi connectivity index (χ1n) is 6.66. The Morgan fingerprint density at radius 1 is 1.38 bits per heavy atom. The molecule has 0 bridgehead atoms. The molecule has 1 N–H and O–H groups in total. The smallest absolute Gasteiger partial charge is 0.141 e. The fourth-order valence-electron chi connectivity index (χ4n) is 2.18. The van der Waals surface area contributed by atoms with Crippen LogP contribution in [-0.2, 0) is 6.54 Å². The highest BCUT2D eigenvalue weighted by Crippen LogP contribution is 2.28. The average Bonchev–Trinajstić information content (AvgIpc) is 2.79. The maximum atomic E-state index is 13.4. The van der Waals surface area contributed by atoms with Crippen LogP contribution in [0.4, 0.5) is 4.39 Å². The molecule has 0 aliphatic carbocycles. The fraction of sp³-hybridized carbons (Fsp3) is 0.429. The molecule has 2 aromatic rings. The number of hydrogen-bond donors (Lipinski definition) is 1. The monoisotopic (exact) mass is 355 g/mol. The number of aromatic nitrogens is 3. The van der Waals surface area contributed by atoms with Crippen molar-refractivity contribution in [1.82, 2.24) is 25.0 Å². The Bertz CT molecular complexity index is 599. The molecule has 5 nitrogen and oxygen atoms in total. The van der Waals surface area contributed by atoms with Gasteiger partial charge in [-0.05, 0) is 48.7 Å². The second kappa shape index (κ2) is 7.11. The molecule has 0 aliphatic heterocycles. The summed E-state index contributed by atoms with van der Waals surface area (Å²) >= 11 is 3.53. The Balaban J connectivity index is 2.35. The fourth-order valence-corrected chi connectivity index (χ4v) is 2.70. The van der Waals surface area contributed by atoms with Crippen LogP contribution >= 0.6 is 15.9 Å². The first-order chi connectivity index (χ1) is 10.0. The molecule has 0 aromatic carbocycles. The van der Waals surface area contributed by atoms with Crippen molar-refractivity contribution in [3.8, 4) is 0 Å². The van der Waals surface area contributed by atoms with Crippen LogP contribution in [0, 0.1) is 5.82 Å². The van der Waals surface area contributed by atoms with Crippen molar-refractivity contribution in [2.75, 3.05) is 27.7 Å². The number of likely N-dealkylation sites (N-methyl/N-ethyl adjacent to an activating group) is 1. The summed E-state index contributed by atoms with van der Waals surface area (Å²) in [6.07, 6.45) is 4.64. The molecule has 114 valence electrons. The van der Waals surface area contributed by atoms with Crippen LogP contribution in [0.15, 0.2) is 29.1 Å². The molecule has 0 radical (unpaired) electrons. The third-order valence-corrected chi connectivity index (χ3v) is 3.82. The molecule has 2 rings (SSSR count). The van der Waals surface area contributed by atoms with Crippen LogP contribution in [0.3, 0.4) is 0 Å². The van der Waals surface area contributed by atoms with Gasteiger partial charge in [0.2, 0.25) is 0 Å². The zero-order valence-corrected chi connectivity index (χ0v) is 13.9. The lowest BCUT2D eigenvalue weighted by Gasteiger charge is -2.20. The summed E-state index contributed by atoms with van der Waals surface area (Å²) in [5.74, 6) is -0.344. The van der Waals surface area contributed by atoms with Crippen LogP contribution in [0.25, 0.3) is 0 Å². The lowest BCUT2D eigenvalue weighted by Crippen LogP contribution is -2.25. The van der Waals surface area contributed by atoms with Gasteiger partial charge < -0.3 is 10.2 Å². The third kappa shape index (κ3) is 3.87. The van der Waals surface area contributed by atoms with E-state index in [1.54, 1.807) is 12.4 Å². The van der Waals surface area contributed by atoms with Gasteiger partial charge in [-0.2, -0.15) is 5.10 Å². The third-order valence-electron chi connectivity index (χ3n) is 3.21. The predicted molar refractivity (Wildman–Crippen MR) is 83.6 cm³/mol. The highest BCUT2D eigenvalue weighted by Gasteiger charge is 2.21. The van der Waals surface area contributed by atoms with Crippen molar-refractivity contribution < 1.29 is 4.39 Å². The highest BCUT2D eigenvalue weighted by atomic mass is 79.9. The number of halogens is 2. The topological polar surface area (TPSA) is 46.0 Å². The van der Waals surface area contributed by atoms with E-state index in [2.05, 4.69) is 36.2 Å². The largest absolute Gasteiger partial charge is 0.308 e. The summed E-state index contributed by atoms with van der Waals surface area (Å²) in [5, 5.41) is 7.60. The zero-order valence-electron chi connectivity index (χ0n) is 12.3. The van der Waals surface area contributed by atoms with Gasteiger partial charge in [-0.1, -0.05) is 0 Å². The Kier molecular flexibility index (Phi) is 5.44. The van der Waals surface area contributed by atoms with Gasteiger partial charge in [0.05, 0.1) is 35.1 Å². The van der Waals surface area contributed by atoms with Gasteiger partial charge in [0.15, 0.2) is 0 Å². The van der Waals surface area contributed by atoms with Crippen LogP contribution in [0.2, 0.25) is 0 Å². The SMILES string of the molecule is CNC(c1cncc(F)c1)c1c(Br)cnn1CCN(C)C. The first kappa shape index (κ1) is 16.1. The average molecular weight is 356 g/mol. The Morgan fingerprint density at radius 2 is 2.14 bits per heavy atom. The van der Waals surface area contributed by atoms with Gasteiger partial charge in [-0.15, -0.1) is 0 Å². The molecule has 0 fully saturated rings. The van der Waals surface area contributed by atoms with Gasteiger partial charge in [-0.25, -0.2) is 4.39 Å². The van der Waals surface area contributed by atoms with Crippen molar-refractivity contribution in [3.63, 3.8) is 0 Å². The summed E-state index contributed by atoms with van der Waals surface area (Å²) < 4.78 is 16.2. The summed E-state index contributed by atoms with van der Waals surface area (Å²) in [4.78, 5) is 6.02. The number of rotatable bonds is 6. The van der Waals surface area contributed by atoms with Gasteiger partial charge in [0.25, 0.3) is 0 Å². The Hall–Kier alpha value is -1.31. The molecule has 0 spiro atoms. The predicted octanol–water partition coefficient (Wildman–Crippen LogP) is 2.05. The van der Waals surface area contributed by atoms with Crippen molar-refractivity contribution in [1.29, 1.82) is 0 Å². The summed E-state index contributed by atoms with van der Waals surface area (Å²) in [5.41, 5.74) is 1.73. The number of pyridine rings is 1. The standard InChI is InChI=1S/C14H19BrFN5/c1-17-13(10-6-11(16)8-18-7-10)14-12(15)9-19-21(14)5-4-20(2)3/h6-9,13,17H,4-5H2,1-3H3. The van der Waals surface area contributed by atoms with Gasteiger partial charge in [-0.3, -0.25) is 9.67 Å². The van der Waals surface area contributed by atoms with Crippen molar-refractivity contribution >= 4 is 15.9 Å². The molecule has 2 heterocycles. The molecule has 21 heavy (non-hydrogen) atoms. The van der Waals surface area contributed by atoms with E-state index in [1.165, 1.54) is 12.3 Å². The second-order valence-electron chi connectivity index (χ2n) is 5.06. The van der Waals surface area contributed by atoms with E-state index < -0.39 is 0 Å². The second-order valence-corrected chi connectivity index (χ2v) is 5.92. The molecule has 0 saturated heterocycles. The maximum Gasteiger partial charge on any atom is 0.141 e. The summed E-state index contributed by atoms with van der Waals surface area (Å²) in [7, 11) is 5.87. The van der Waals surface area contributed by atoms with Crippen LogP contribution < -0.4 is 5.32 Å². The molecule has 2 aromatic heterocycles. The van der Waals surface area contributed by atoms with E-state index in [0.29, 0.717) is 0 Å². The first-order valence-corrected chi connectivity index (χ1v) is 7.46. The Morgan fingerprint density at radius 3 is 2.76 bits per heavy atom. The molecule has 0 aliphatic rings. The lowest BCUT2D eigenvalue weighted by atomic mass is 10.1. The van der Waals surface area contributed by atoms with E-state index in [9.17, 15) is 4.39 Å². The molecular formula is C14H19BrFN5. The van der Waals surface area contributed by atoms with Crippen molar-refractivity contribution in [2.45, 2.75) is 12.6 Å². The molecule has 0 saturated carbocycles.